The maximum Gasteiger partial charge on any atom is 0.257 e. The van der Waals surface area contributed by atoms with Gasteiger partial charge in [-0.3, -0.25) is 4.79 Å². The molecule has 1 amide bonds. The molecular weight excluding hydrogens is 284 g/mol. The van der Waals surface area contributed by atoms with Gasteiger partial charge in [0, 0.05) is 11.4 Å². The highest BCUT2D eigenvalue weighted by atomic mass is 35.5. The van der Waals surface area contributed by atoms with Gasteiger partial charge < -0.3 is 11.1 Å². The molecule has 3 N–H and O–H groups in total. The second-order valence-corrected chi connectivity index (χ2v) is 6.43. The van der Waals surface area contributed by atoms with Gasteiger partial charge in [0.05, 0.1) is 10.6 Å². The summed E-state index contributed by atoms with van der Waals surface area (Å²) in [4.78, 5) is 12.2. The minimum Gasteiger partial charge on any atom is -0.399 e. The lowest BCUT2D eigenvalue weighted by Gasteiger charge is -2.19. The summed E-state index contributed by atoms with van der Waals surface area (Å²) in [5.41, 5.74) is 8.60. The molecule has 0 aliphatic rings. The summed E-state index contributed by atoms with van der Waals surface area (Å²) in [6.45, 7) is 6.44. The lowest BCUT2D eigenvalue weighted by Crippen LogP contribution is -2.14. The number of amides is 1. The van der Waals surface area contributed by atoms with Gasteiger partial charge in [-0.2, -0.15) is 0 Å². The quantitative estimate of drug-likeness (QED) is 0.804. The molecule has 0 fully saturated rings. The molecule has 4 heteroatoms. The number of hydrogen-bond donors (Lipinski definition) is 2. The van der Waals surface area contributed by atoms with Gasteiger partial charge >= 0.3 is 0 Å². The van der Waals surface area contributed by atoms with Crippen LogP contribution in [0.2, 0.25) is 5.02 Å². The molecule has 0 aliphatic heterocycles. The Balaban J connectivity index is 2.16. The number of benzene rings is 2. The molecule has 0 saturated carbocycles. The SMILES string of the molecule is CC(C)(C)c1ccc(NC(=O)c2ccc(N)cc2Cl)cc1. The van der Waals surface area contributed by atoms with Crippen LogP contribution in [0.4, 0.5) is 11.4 Å². The van der Waals surface area contributed by atoms with Crippen molar-refractivity contribution < 1.29 is 4.79 Å². The Kier molecular flexibility index (Phi) is 4.24. The van der Waals surface area contributed by atoms with Crippen molar-refractivity contribution in [3.05, 3.63) is 58.6 Å². The number of nitrogens with two attached hydrogens (primary N) is 1. The van der Waals surface area contributed by atoms with E-state index in [9.17, 15) is 4.79 Å². The van der Waals surface area contributed by atoms with Gasteiger partial charge in [-0.05, 0) is 41.3 Å². The average molecular weight is 303 g/mol. The van der Waals surface area contributed by atoms with Gasteiger partial charge in [-0.1, -0.05) is 44.5 Å². The van der Waals surface area contributed by atoms with Crippen molar-refractivity contribution >= 4 is 28.9 Å². The molecule has 0 saturated heterocycles. The normalized spacial score (nSPS) is 11.2. The molecule has 110 valence electrons. The third-order valence-electron chi connectivity index (χ3n) is 3.25. The molecule has 2 rings (SSSR count). The molecule has 0 radical (unpaired) electrons. The fraction of sp³-hybridized carbons (Fsp3) is 0.235. The van der Waals surface area contributed by atoms with Crippen molar-refractivity contribution in [2.45, 2.75) is 26.2 Å². The first-order valence-corrected chi connectivity index (χ1v) is 7.12. The van der Waals surface area contributed by atoms with E-state index in [-0.39, 0.29) is 11.3 Å². The van der Waals surface area contributed by atoms with Crippen LogP contribution in [0, 0.1) is 0 Å². The Labute approximate surface area is 130 Å². The smallest absolute Gasteiger partial charge is 0.257 e. The Hall–Kier alpha value is -2.00. The standard InChI is InChI=1S/C17H19ClN2O/c1-17(2,3)11-4-7-13(8-5-11)20-16(21)14-9-6-12(19)10-15(14)18/h4-10H,19H2,1-3H3,(H,20,21). The summed E-state index contributed by atoms with van der Waals surface area (Å²) >= 11 is 6.03. The van der Waals surface area contributed by atoms with Gasteiger partial charge in [-0.25, -0.2) is 0 Å². The lowest BCUT2D eigenvalue weighted by molar-refractivity contribution is 0.102. The number of carbonyl (C=O) groups is 1. The van der Waals surface area contributed by atoms with Crippen molar-refractivity contribution in [1.29, 1.82) is 0 Å². The summed E-state index contributed by atoms with van der Waals surface area (Å²) < 4.78 is 0. The molecule has 0 atom stereocenters. The summed E-state index contributed by atoms with van der Waals surface area (Å²) in [6, 6.07) is 12.7. The van der Waals surface area contributed by atoms with Gasteiger partial charge in [0.25, 0.3) is 5.91 Å². The van der Waals surface area contributed by atoms with Crippen LogP contribution >= 0.6 is 11.6 Å². The third kappa shape index (κ3) is 3.76. The van der Waals surface area contributed by atoms with E-state index in [0.29, 0.717) is 16.3 Å². The number of hydrogen-bond acceptors (Lipinski definition) is 2. The van der Waals surface area contributed by atoms with Crippen molar-refractivity contribution in [1.82, 2.24) is 0 Å². The van der Waals surface area contributed by atoms with Crippen LogP contribution in [0.15, 0.2) is 42.5 Å². The highest BCUT2D eigenvalue weighted by molar-refractivity contribution is 6.34. The molecule has 2 aromatic carbocycles. The number of anilines is 2. The minimum absolute atomic E-state index is 0.0861. The van der Waals surface area contributed by atoms with Crippen molar-refractivity contribution in [3.63, 3.8) is 0 Å². The Morgan fingerprint density at radius 1 is 1.10 bits per heavy atom. The minimum atomic E-state index is -0.247. The molecule has 0 heterocycles. The summed E-state index contributed by atoms with van der Waals surface area (Å²) in [5.74, 6) is -0.247. The van der Waals surface area contributed by atoms with Crippen LogP contribution < -0.4 is 11.1 Å². The number of rotatable bonds is 2. The highest BCUT2D eigenvalue weighted by Crippen LogP contribution is 2.24. The summed E-state index contributed by atoms with van der Waals surface area (Å²) in [5, 5.41) is 3.18. The first kappa shape index (κ1) is 15.4. The van der Waals surface area contributed by atoms with E-state index in [1.165, 1.54) is 5.56 Å². The van der Waals surface area contributed by atoms with E-state index >= 15 is 0 Å². The maximum absolute atomic E-state index is 12.2. The van der Waals surface area contributed by atoms with Crippen molar-refractivity contribution in [3.8, 4) is 0 Å². The van der Waals surface area contributed by atoms with E-state index in [4.69, 9.17) is 17.3 Å². The molecule has 0 unspecified atom stereocenters. The lowest BCUT2D eigenvalue weighted by atomic mass is 9.87. The van der Waals surface area contributed by atoms with E-state index in [2.05, 4.69) is 26.1 Å². The van der Waals surface area contributed by atoms with Gasteiger partial charge in [0.15, 0.2) is 0 Å². The topological polar surface area (TPSA) is 55.1 Å². The average Bonchev–Trinajstić information content (AvgIpc) is 2.38. The molecular formula is C17H19ClN2O. The van der Waals surface area contributed by atoms with E-state index in [1.807, 2.05) is 24.3 Å². The van der Waals surface area contributed by atoms with Crippen LogP contribution in [-0.2, 0) is 5.41 Å². The van der Waals surface area contributed by atoms with Crippen molar-refractivity contribution in [2.24, 2.45) is 0 Å². The van der Waals surface area contributed by atoms with Crippen LogP contribution in [0.3, 0.4) is 0 Å². The van der Waals surface area contributed by atoms with E-state index in [1.54, 1.807) is 18.2 Å². The predicted molar refractivity (Wildman–Crippen MR) is 89.0 cm³/mol. The summed E-state index contributed by atoms with van der Waals surface area (Å²) in [7, 11) is 0. The zero-order chi connectivity index (χ0) is 15.6. The highest BCUT2D eigenvalue weighted by Gasteiger charge is 2.14. The van der Waals surface area contributed by atoms with Gasteiger partial charge in [0.2, 0.25) is 0 Å². The molecule has 3 nitrogen and oxygen atoms in total. The number of nitrogen functional groups attached to an aromatic ring is 1. The number of halogens is 1. The van der Waals surface area contributed by atoms with E-state index < -0.39 is 0 Å². The first-order valence-electron chi connectivity index (χ1n) is 6.74. The van der Waals surface area contributed by atoms with Crippen molar-refractivity contribution in [2.75, 3.05) is 11.1 Å². The molecule has 21 heavy (non-hydrogen) atoms. The second kappa shape index (κ2) is 5.78. The van der Waals surface area contributed by atoms with Crippen LogP contribution in [0.5, 0.6) is 0 Å². The Morgan fingerprint density at radius 3 is 2.24 bits per heavy atom. The fourth-order valence-electron chi connectivity index (χ4n) is 1.97. The zero-order valence-corrected chi connectivity index (χ0v) is 13.2. The van der Waals surface area contributed by atoms with Crippen LogP contribution in [0.1, 0.15) is 36.7 Å². The predicted octanol–water partition coefficient (Wildman–Crippen LogP) is 4.47. The Morgan fingerprint density at radius 2 is 1.71 bits per heavy atom. The van der Waals surface area contributed by atoms with Gasteiger partial charge in [0.1, 0.15) is 0 Å². The Bertz CT molecular complexity index is 657. The molecule has 0 spiro atoms. The first-order chi connectivity index (χ1) is 9.77. The fourth-order valence-corrected chi connectivity index (χ4v) is 2.24. The van der Waals surface area contributed by atoms with Crippen LogP contribution in [0.25, 0.3) is 0 Å². The maximum atomic E-state index is 12.2. The zero-order valence-electron chi connectivity index (χ0n) is 12.4. The molecule has 0 bridgehead atoms. The monoisotopic (exact) mass is 302 g/mol. The second-order valence-electron chi connectivity index (χ2n) is 6.02. The summed E-state index contributed by atoms with van der Waals surface area (Å²) in [6.07, 6.45) is 0. The number of carbonyl (C=O) groups excluding carboxylic acids is 1. The third-order valence-corrected chi connectivity index (χ3v) is 3.56. The van der Waals surface area contributed by atoms with Crippen LogP contribution in [-0.4, -0.2) is 5.91 Å². The van der Waals surface area contributed by atoms with E-state index in [0.717, 1.165) is 5.69 Å². The molecule has 0 aromatic heterocycles. The largest absolute Gasteiger partial charge is 0.399 e. The molecule has 2 aromatic rings. The van der Waals surface area contributed by atoms with Gasteiger partial charge in [-0.15, -0.1) is 0 Å². The molecule has 0 aliphatic carbocycles. The number of nitrogens with one attached hydrogen (secondary N) is 1.